The van der Waals surface area contributed by atoms with E-state index in [2.05, 4.69) is 5.32 Å². The van der Waals surface area contributed by atoms with E-state index in [-0.39, 0.29) is 16.5 Å². The van der Waals surface area contributed by atoms with Crippen LogP contribution in [0.15, 0.2) is 42.5 Å². The third-order valence-corrected chi connectivity index (χ3v) is 3.54. The number of hydrogen-bond acceptors (Lipinski definition) is 4. The number of hydrogen-bond donors (Lipinski definition) is 1. The van der Waals surface area contributed by atoms with E-state index in [4.69, 9.17) is 21.1 Å². The van der Waals surface area contributed by atoms with E-state index in [1.165, 1.54) is 50.2 Å². The summed E-state index contributed by atoms with van der Waals surface area (Å²) in [4.78, 5) is 24.0. The van der Waals surface area contributed by atoms with E-state index < -0.39 is 35.7 Å². The lowest BCUT2D eigenvalue weighted by Crippen LogP contribution is -2.35. The third-order valence-electron chi connectivity index (χ3n) is 3.31. The summed E-state index contributed by atoms with van der Waals surface area (Å²) in [5, 5.41) is 2.49. The molecule has 0 aliphatic heterocycles. The first-order chi connectivity index (χ1) is 12.3. The number of carbonyl (C=O) groups excluding carboxylic acids is 2. The summed E-state index contributed by atoms with van der Waals surface area (Å²) in [6.07, 6.45) is -2.21. The van der Waals surface area contributed by atoms with Gasteiger partial charge in [-0.2, -0.15) is 0 Å². The van der Waals surface area contributed by atoms with Crippen molar-refractivity contribution in [1.29, 1.82) is 0 Å². The van der Waals surface area contributed by atoms with Crippen LogP contribution < -0.4 is 10.1 Å². The second kappa shape index (κ2) is 8.62. The molecule has 2 atom stereocenters. The van der Waals surface area contributed by atoms with Crippen molar-refractivity contribution in [2.24, 2.45) is 0 Å². The van der Waals surface area contributed by atoms with Gasteiger partial charge < -0.3 is 14.8 Å². The maximum absolute atomic E-state index is 13.7. The molecule has 0 fully saturated rings. The van der Waals surface area contributed by atoms with Crippen molar-refractivity contribution in [1.82, 2.24) is 0 Å². The Kier molecular flexibility index (Phi) is 6.52. The summed E-state index contributed by atoms with van der Waals surface area (Å²) in [6.45, 7) is 2.76. The van der Waals surface area contributed by atoms with Gasteiger partial charge in [0.1, 0.15) is 17.4 Å². The first-order valence-electron chi connectivity index (χ1n) is 7.65. The standard InChI is InChI=1S/C18H16ClF2NO4/c1-10(17(23)22-16-8-3-12(19)9-15(16)21)26-18(24)11(2)25-14-6-4-13(20)5-7-14/h3-11H,1-2H3,(H,22,23)/t10-,11-/m1/s1. The average molecular weight is 384 g/mol. The molecule has 1 N–H and O–H groups in total. The molecule has 0 aliphatic carbocycles. The quantitative estimate of drug-likeness (QED) is 0.767. The van der Waals surface area contributed by atoms with Gasteiger partial charge in [-0.15, -0.1) is 0 Å². The molecule has 2 aromatic carbocycles. The largest absolute Gasteiger partial charge is 0.479 e. The van der Waals surface area contributed by atoms with Crippen LogP contribution in [0.1, 0.15) is 13.8 Å². The van der Waals surface area contributed by atoms with Crippen molar-refractivity contribution in [3.8, 4) is 5.75 Å². The average Bonchev–Trinajstić information content (AvgIpc) is 2.59. The van der Waals surface area contributed by atoms with Crippen molar-refractivity contribution in [3.63, 3.8) is 0 Å². The molecule has 0 aliphatic rings. The maximum Gasteiger partial charge on any atom is 0.347 e. The number of carbonyl (C=O) groups is 2. The molecule has 0 radical (unpaired) electrons. The Morgan fingerprint density at radius 2 is 1.69 bits per heavy atom. The minimum absolute atomic E-state index is 0.0853. The van der Waals surface area contributed by atoms with Gasteiger partial charge in [-0.25, -0.2) is 13.6 Å². The van der Waals surface area contributed by atoms with Gasteiger partial charge >= 0.3 is 5.97 Å². The molecule has 0 bridgehead atoms. The number of halogens is 3. The number of nitrogens with one attached hydrogen (secondary N) is 1. The van der Waals surface area contributed by atoms with Crippen LogP contribution in [0.25, 0.3) is 0 Å². The Hall–Kier alpha value is -2.67. The van der Waals surface area contributed by atoms with E-state index in [1.54, 1.807) is 0 Å². The summed E-state index contributed by atoms with van der Waals surface area (Å²) >= 11 is 5.64. The molecule has 8 heteroatoms. The number of anilines is 1. The van der Waals surface area contributed by atoms with Crippen molar-refractivity contribution in [2.75, 3.05) is 5.32 Å². The predicted molar refractivity (Wildman–Crippen MR) is 92.1 cm³/mol. The molecule has 1 amide bonds. The first kappa shape index (κ1) is 19.7. The molecule has 26 heavy (non-hydrogen) atoms. The van der Waals surface area contributed by atoms with Crippen LogP contribution in [0.3, 0.4) is 0 Å². The number of rotatable bonds is 6. The Bertz CT molecular complexity index is 798. The van der Waals surface area contributed by atoms with Crippen molar-refractivity contribution < 1.29 is 27.8 Å². The molecule has 5 nitrogen and oxygen atoms in total. The monoisotopic (exact) mass is 383 g/mol. The summed E-state index contributed by atoms with van der Waals surface area (Å²) in [5.74, 6) is -2.39. The van der Waals surface area contributed by atoms with Gasteiger partial charge in [-0.05, 0) is 56.3 Å². The second-order valence-electron chi connectivity index (χ2n) is 5.41. The van der Waals surface area contributed by atoms with Crippen LogP contribution in [-0.4, -0.2) is 24.1 Å². The lowest BCUT2D eigenvalue weighted by Gasteiger charge is -2.18. The maximum atomic E-state index is 13.7. The van der Waals surface area contributed by atoms with Gasteiger partial charge in [0, 0.05) is 5.02 Å². The molecule has 0 saturated carbocycles. The number of ether oxygens (including phenoxy) is 2. The Balaban J connectivity index is 1.90. The van der Waals surface area contributed by atoms with Gasteiger partial charge in [0.25, 0.3) is 5.91 Å². The van der Waals surface area contributed by atoms with Gasteiger partial charge in [0.2, 0.25) is 0 Å². The molecule has 138 valence electrons. The van der Waals surface area contributed by atoms with Gasteiger partial charge in [0.05, 0.1) is 5.69 Å². The van der Waals surface area contributed by atoms with Crippen LogP contribution >= 0.6 is 11.6 Å². The molecule has 2 rings (SSSR count). The minimum Gasteiger partial charge on any atom is -0.479 e. The lowest BCUT2D eigenvalue weighted by molar-refractivity contribution is -0.159. The number of esters is 1. The topological polar surface area (TPSA) is 64.6 Å². The molecular formula is C18H16ClF2NO4. The summed E-state index contributed by atoms with van der Waals surface area (Å²) < 4.78 is 36.9. The van der Waals surface area contributed by atoms with Gasteiger partial charge in [0.15, 0.2) is 12.2 Å². The summed E-state index contributed by atoms with van der Waals surface area (Å²) in [6, 6.07) is 8.84. The van der Waals surface area contributed by atoms with Crippen LogP contribution in [0.4, 0.5) is 14.5 Å². The second-order valence-corrected chi connectivity index (χ2v) is 5.84. The zero-order valence-corrected chi connectivity index (χ0v) is 14.7. The SMILES string of the molecule is C[C@@H](OC(=O)[C@@H](C)Oc1ccc(F)cc1)C(=O)Nc1ccc(Cl)cc1F. The summed E-state index contributed by atoms with van der Waals surface area (Å²) in [5.41, 5.74) is -0.0853. The highest BCUT2D eigenvalue weighted by Crippen LogP contribution is 2.19. The highest BCUT2D eigenvalue weighted by atomic mass is 35.5. The minimum atomic E-state index is -1.18. The Labute approximate surface area is 153 Å². The van der Waals surface area contributed by atoms with Gasteiger partial charge in [-0.1, -0.05) is 11.6 Å². The van der Waals surface area contributed by atoms with Crippen molar-refractivity contribution in [3.05, 3.63) is 59.1 Å². The number of benzene rings is 2. The molecule has 2 aromatic rings. The van der Waals surface area contributed by atoms with E-state index in [0.717, 1.165) is 6.07 Å². The molecular weight excluding hydrogens is 368 g/mol. The van der Waals surface area contributed by atoms with Crippen LogP contribution in [0.2, 0.25) is 5.02 Å². The molecule has 0 spiro atoms. The van der Waals surface area contributed by atoms with Crippen LogP contribution in [-0.2, 0) is 14.3 Å². The predicted octanol–water partition coefficient (Wildman–Crippen LogP) is 3.96. The first-order valence-corrected chi connectivity index (χ1v) is 8.02. The van der Waals surface area contributed by atoms with Crippen molar-refractivity contribution >= 4 is 29.2 Å². The third kappa shape index (κ3) is 5.42. The summed E-state index contributed by atoms with van der Waals surface area (Å²) in [7, 11) is 0. The molecule has 0 saturated heterocycles. The molecule has 0 unspecified atom stereocenters. The normalized spacial score (nSPS) is 12.8. The fourth-order valence-electron chi connectivity index (χ4n) is 1.91. The lowest BCUT2D eigenvalue weighted by atomic mass is 10.3. The fraction of sp³-hybridized carbons (Fsp3) is 0.222. The van der Waals surface area contributed by atoms with Gasteiger partial charge in [-0.3, -0.25) is 4.79 Å². The molecule has 0 aromatic heterocycles. The highest BCUT2D eigenvalue weighted by molar-refractivity contribution is 6.30. The Morgan fingerprint density at radius 1 is 1.04 bits per heavy atom. The molecule has 0 heterocycles. The van der Waals surface area contributed by atoms with E-state index in [9.17, 15) is 18.4 Å². The smallest absolute Gasteiger partial charge is 0.347 e. The van der Waals surface area contributed by atoms with E-state index in [1.807, 2.05) is 0 Å². The highest BCUT2D eigenvalue weighted by Gasteiger charge is 2.24. The number of amides is 1. The van der Waals surface area contributed by atoms with Crippen molar-refractivity contribution in [2.45, 2.75) is 26.1 Å². The van der Waals surface area contributed by atoms with Crippen LogP contribution in [0, 0.1) is 11.6 Å². The van der Waals surface area contributed by atoms with E-state index >= 15 is 0 Å². The fourth-order valence-corrected chi connectivity index (χ4v) is 2.07. The van der Waals surface area contributed by atoms with E-state index in [0.29, 0.717) is 0 Å². The Morgan fingerprint density at radius 3 is 2.31 bits per heavy atom. The zero-order chi connectivity index (χ0) is 19.3. The zero-order valence-electron chi connectivity index (χ0n) is 14.0. The van der Waals surface area contributed by atoms with Crippen LogP contribution in [0.5, 0.6) is 5.75 Å².